The van der Waals surface area contributed by atoms with E-state index >= 15 is 0 Å². The predicted molar refractivity (Wildman–Crippen MR) is 76.4 cm³/mol. The van der Waals surface area contributed by atoms with Crippen LogP contribution in [0, 0.1) is 5.82 Å². The molecule has 4 heteroatoms. The second-order valence-corrected chi connectivity index (χ2v) is 4.64. The fourth-order valence-corrected chi connectivity index (χ4v) is 2.17. The Morgan fingerprint density at radius 1 is 1.21 bits per heavy atom. The molecule has 1 N–H and O–H groups in total. The van der Waals surface area contributed by atoms with Crippen molar-refractivity contribution in [2.45, 2.75) is 13.0 Å². The lowest BCUT2D eigenvalue weighted by Gasteiger charge is -2.17. The Hall–Kier alpha value is -1.74. The Morgan fingerprint density at radius 2 is 1.95 bits per heavy atom. The van der Waals surface area contributed by atoms with Gasteiger partial charge in [-0.3, -0.25) is 0 Å². The van der Waals surface area contributed by atoms with Crippen LogP contribution in [0.2, 0.25) is 5.02 Å². The SMILES string of the molecule is COc1ccc(NC(C)c2ccccc2F)cc1Cl. The van der Waals surface area contributed by atoms with E-state index in [2.05, 4.69) is 5.32 Å². The molecule has 0 aliphatic heterocycles. The van der Waals surface area contributed by atoms with Crippen LogP contribution in [0.5, 0.6) is 5.75 Å². The highest BCUT2D eigenvalue weighted by atomic mass is 35.5. The normalized spacial score (nSPS) is 12.0. The van der Waals surface area contributed by atoms with Crippen molar-refractivity contribution in [3.63, 3.8) is 0 Å². The smallest absolute Gasteiger partial charge is 0.137 e. The van der Waals surface area contributed by atoms with Crippen LogP contribution in [0.25, 0.3) is 0 Å². The summed E-state index contributed by atoms with van der Waals surface area (Å²) in [5.41, 5.74) is 1.44. The lowest BCUT2D eigenvalue weighted by molar-refractivity contribution is 0.415. The van der Waals surface area contributed by atoms with Crippen molar-refractivity contribution in [3.8, 4) is 5.75 Å². The molecule has 2 rings (SSSR count). The van der Waals surface area contributed by atoms with E-state index in [4.69, 9.17) is 16.3 Å². The molecule has 0 saturated heterocycles. The molecule has 0 aliphatic carbocycles. The van der Waals surface area contributed by atoms with E-state index in [1.165, 1.54) is 6.07 Å². The fourth-order valence-electron chi connectivity index (χ4n) is 1.91. The number of anilines is 1. The molecule has 0 heterocycles. The summed E-state index contributed by atoms with van der Waals surface area (Å²) in [5.74, 6) is 0.396. The average Bonchev–Trinajstić information content (AvgIpc) is 2.39. The van der Waals surface area contributed by atoms with E-state index in [0.717, 1.165) is 5.69 Å². The molecule has 0 aromatic heterocycles. The van der Waals surface area contributed by atoms with Crippen molar-refractivity contribution >= 4 is 17.3 Å². The summed E-state index contributed by atoms with van der Waals surface area (Å²) in [6.07, 6.45) is 0. The highest BCUT2D eigenvalue weighted by Crippen LogP contribution is 2.29. The lowest BCUT2D eigenvalue weighted by Crippen LogP contribution is -2.08. The van der Waals surface area contributed by atoms with Crippen molar-refractivity contribution in [2.75, 3.05) is 12.4 Å². The van der Waals surface area contributed by atoms with E-state index in [0.29, 0.717) is 16.3 Å². The number of nitrogens with one attached hydrogen (secondary N) is 1. The topological polar surface area (TPSA) is 21.3 Å². The van der Waals surface area contributed by atoms with E-state index < -0.39 is 0 Å². The lowest BCUT2D eigenvalue weighted by atomic mass is 10.1. The number of halogens is 2. The van der Waals surface area contributed by atoms with Crippen LogP contribution < -0.4 is 10.1 Å². The van der Waals surface area contributed by atoms with Crippen molar-refractivity contribution in [2.24, 2.45) is 0 Å². The van der Waals surface area contributed by atoms with Crippen molar-refractivity contribution in [1.82, 2.24) is 0 Å². The maximum atomic E-state index is 13.7. The molecule has 0 bridgehead atoms. The Balaban J connectivity index is 2.17. The van der Waals surface area contributed by atoms with E-state index in [9.17, 15) is 4.39 Å². The fraction of sp³-hybridized carbons (Fsp3) is 0.200. The molecule has 0 saturated carbocycles. The Labute approximate surface area is 117 Å². The number of hydrogen-bond acceptors (Lipinski definition) is 2. The molecule has 2 aromatic carbocycles. The molecular weight excluding hydrogens is 265 g/mol. The zero-order valence-corrected chi connectivity index (χ0v) is 11.5. The molecule has 0 radical (unpaired) electrons. The summed E-state index contributed by atoms with van der Waals surface area (Å²) in [6, 6.07) is 11.9. The zero-order chi connectivity index (χ0) is 13.8. The van der Waals surface area contributed by atoms with E-state index in [-0.39, 0.29) is 11.9 Å². The van der Waals surface area contributed by atoms with Gasteiger partial charge in [-0.2, -0.15) is 0 Å². The molecule has 2 nitrogen and oxygen atoms in total. The quantitative estimate of drug-likeness (QED) is 0.879. The second-order valence-electron chi connectivity index (χ2n) is 4.24. The maximum absolute atomic E-state index is 13.7. The van der Waals surface area contributed by atoms with Gasteiger partial charge in [0.15, 0.2) is 0 Å². The van der Waals surface area contributed by atoms with Gasteiger partial charge in [-0.05, 0) is 31.2 Å². The third kappa shape index (κ3) is 3.18. The number of hydrogen-bond donors (Lipinski definition) is 1. The highest BCUT2D eigenvalue weighted by molar-refractivity contribution is 6.32. The monoisotopic (exact) mass is 279 g/mol. The number of benzene rings is 2. The average molecular weight is 280 g/mol. The van der Waals surface area contributed by atoms with Gasteiger partial charge in [0.25, 0.3) is 0 Å². The molecular formula is C15H15ClFNO. The van der Waals surface area contributed by atoms with E-state index in [1.54, 1.807) is 31.4 Å². The minimum Gasteiger partial charge on any atom is -0.495 e. The summed E-state index contributed by atoms with van der Waals surface area (Å²) < 4.78 is 18.7. The van der Waals surface area contributed by atoms with Gasteiger partial charge in [0.1, 0.15) is 11.6 Å². The third-order valence-electron chi connectivity index (χ3n) is 2.91. The first-order chi connectivity index (χ1) is 9.11. The maximum Gasteiger partial charge on any atom is 0.137 e. The van der Waals surface area contributed by atoms with Crippen LogP contribution in [0.3, 0.4) is 0 Å². The molecule has 1 atom stereocenters. The van der Waals surface area contributed by atoms with Crippen LogP contribution in [0.15, 0.2) is 42.5 Å². The van der Waals surface area contributed by atoms with Gasteiger partial charge in [-0.1, -0.05) is 29.8 Å². The highest BCUT2D eigenvalue weighted by Gasteiger charge is 2.10. The molecule has 1 unspecified atom stereocenters. The molecule has 19 heavy (non-hydrogen) atoms. The Bertz CT molecular complexity index is 574. The second kappa shape index (κ2) is 5.93. The third-order valence-corrected chi connectivity index (χ3v) is 3.20. The van der Waals surface area contributed by atoms with Gasteiger partial charge in [0.05, 0.1) is 18.2 Å². The summed E-state index contributed by atoms with van der Waals surface area (Å²) in [6.45, 7) is 1.90. The summed E-state index contributed by atoms with van der Waals surface area (Å²) >= 11 is 6.05. The van der Waals surface area contributed by atoms with Crippen LogP contribution >= 0.6 is 11.6 Å². The first-order valence-corrected chi connectivity index (χ1v) is 6.34. The molecule has 0 spiro atoms. The first kappa shape index (κ1) is 13.7. The largest absolute Gasteiger partial charge is 0.495 e. The minimum atomic E-state index is -0.220. The summed E-state index contributed by atoms with van der Waals surface area (Å²) in [4.78, 5) is 0. The standard InChI is InChI=1S/C15H15ClFNO/c1-10(12-5-3-4-6-14(12)17)18-11-7-8-15(19-2)13(16)9-11/h3-10,18H,1-2H3. The first-order valence-electron chi connectivity index (χ1n) is 5.96. The summed E-state index contributed by atoms with van der Waals surface area (Å²) in [5, 5.41) is 3.73. The van der Waals surface area contributed by atoms with Crippen molar-refractivity contribution < 1.29 is 9.13 Å². The molecule has 2 aromatic rings. The predicted octanol–water partition coefficient (Wildman–Crippen LogP) is 4.66. The van der Waals surface area contributed by atoms with Crippen LogP contribution in [0.1, 0.15) is 18.5 Å². The summed E-state index contributed by atoms with van der Waals surface area (Å²) in [7, 11) is 1.57. The van der Waals surface area contributed by atoms with Crippen LogP contribution in [-0.2, 0) is 0 Å². The Kier molecular flexibility index (Phi) is 4.27. The zero-order valence-electron chi connectivity index (χ0n) is 10.8. The van der Waals surface area contributed by atoms with Crippen molar-refractivity contribution in [3.05, 3.63) is 58.9 Å². The molecule has 100 valence electrons. The molecule has 0 fully saturated rings. The van der Waals surface area contributed by atoms with E-state index in [1.807, 2.05) is 19.1 Å². The number of methoxy groups -OCH3 is 1. The van der Waals surface area contributed by atoms with Gasteiger partial charge in [0, 0.05) is 11.3 Å². The Morgan fingerprint density at radius 3 is 2.58 bits per heavy atom. The molecule has 0 amide bonds. The van der Waals surface area contributed by atoms with Crippen LogP contribution in [0.4, 0.5) is 10.1 Å². The van der Waals surface area contributed by atoms with Gasteiger partial charge >= 0.3 is 0 Å². The van der Waals surface area contributed by atoms with Gasteiger partial charge < -0.3 is 10.1 Å². The number of ether oxygens (including phenoxy) is 1. The van der Waals surface area contributed by atoms with Crippen molar-refractivity contribution in [1.29, 1.82) is 0 Å². The van der Waals surface area contributed by atoms with Crippen LogP contribution in [-0.4, -0.2) is 7.11 Å². The van der Waals surface area contributed by atoms with Gasteiger partial charge in [0.2, 0.25) is 0 Å². The molecule has 0 aliphatic rings. The van der Waals surface area contributed by atoms with Gasteiger partial charge in [-0.15, -0.1) is 0 Å². The number of rotatable bonds is 4. The van der Waals surface area contributed by atoms with Gasteiger partial charge in [-0.25, -0.2) is 4.39 Å². The minimum absolute atomic E-state index is 0.148.